The Hall–Kier alpha value is -3.96. The zero-order valence-electron chi connectivity index (χ0n) is 20.2. The lowest BCUT2D eigenvalue weighted by Gasteiger charge is -2.20. The Kier molecular flexibility index (Phi) is 7.10. The lowest BCUT2D eigenvalue weighted by Crippen LogP contribution is -2.31. The van der Waals surface area contributed by atoms with Crippen LogP contribution in [0.25, 0.3) is 17.2 Å². The summed E-state index contributed by atoms with van der Waals surface area (Å²) in [6, 6.07) is 9.91. The van der Waals surface area contributed by atoms with Crippen molar-refractivity contribution in [2.24, 2.45) is 0 Å². The average Bonchev–Trinajstić information content (AvgIpc) is 3.53. The van der Waals surface area contributed by atoms with E-state index < -0.39 is 0 Å². The Morgan fingerprint density at radius 2 is 2.03 bits per heavy atom. The highest BCUT2D eigenvalue weighted by Crippen LogP contribution is 2.24. The lowest BCUT2D eigenvalue weighted by atomic mass is 10.0. The molecule has 1 aliphatic heterocycles. The summed E-state index contributed by atoms with van der Waals surface area (Å²) in [6.45, 7) is 4.55. The number of benzene rings is 1. The highest BCUT2D eigenvalue weighted by atomic mass is 16.5. The van der Waals surface area contributed by atoms with E-state index in [0.717, 1.165) is 38.2 Å². The predicted molar refractivity (Wildman–Crippen MR) is 137 cm³/mol. The van der Waals surface area contributed by atoms with Crippen LogP contribution in [0, 0.1) is 5.41 Å². The van der Waals surface area contributed by atoms with Gasteiger partial charge in [0.1, 0.15) is 18.2 Å². The van der Waals surface area contributed by atoms with Crippen LogP contribution in [0.15, 0.2) is 41.0 Å². The van der Waals surface area contributed by atoms with Crippen molar-refractivity contribution in [3.63, 3.8) is 0 Å². The summed E-state index contributed by atoms with van der Waals surface area (Å²) in [6.07, 6.45) is 4.74. The largest absolute Gasteiger partial charge is 0.491 e. The van der Waals surface area contributed by atoms with Gasteiger partial charge in [-0.25, -0.2) is 4.98 Å². The van der Waals surface area contributed by atoms with E-state index in [0.29, 0.717) is 48.4 Å². The third-order valence-corrected chi connectivity index (χ3v) is 6.28. The quantitative estimate of drug-likeness (QED) is 0.226. The lowest BCUT2D eigenvalue weighted by molar-refractivity contribution is 0.146. The number of rotatable bonds is 10. The van der Waals surface area contributed by atoms with Crippen molar-refractivity contribution in [2.45, 2.75) is 12.8 Å². The summed E-state index contributed by atoms with van der Waals surface area (Å²) >= 11 is 0. The van der Waals surface area contributed by atoms with Gasteiger partial charge in [0.2, 0.25) is 11.8 Å². The number of hydrogen-bond acceptors (Lipinski definition) is 10. The summed E-state index contributed by atoms with van der Waals surface area (Å²) in [5.41, 5.74) is 9.85. The number of furan rings is 1. The number of fused-ring (bicyclic) bond motifs is 2. The molecule has 0 radical (unpaired) electrons. The van der Waals surface area contributed by atoms with Crippen molar-refractivity contribution in [2.75, 3.05) is 57.6 Å². The molecule has 188 valence electrons. The van der Waals surface area contributed by atoms with Crippen LogP contribution in [0.1, 0.15) is 16.7 Å². The van der Waals surface area contributed by atoms with E-state index in [4.69, 9.17) is 25.0 Å². The van der Waals surface area contributed by atoms with Crippen LogP contribution in [0.5, 0.6) is 5.75 Å². The van der Waals surface area contributed by atoms with Gasteiger partial charge in [-0.2, -0.15) is 9.50 Å². The van der Waals surface area contributed by atoms with Crippen LogP contribution in [0.4, 0.5) is 11.8 Å². The monoisotopic (exact) mass is 490 g/mol. The fourth-order valence-corrected chi connectivity index (χ4v) is 4.39. The molecular formula is C25H30N8O3. The van der Waals surface area contributed by atoms with Gasteiger partial charge >= 0.3 is 0 Å². The SMILES string of the molecule is COCCOc1ccc2c(c1)CCN(CCNc1nc(N)n3nc(-c4ccco4)nc3c1C=N)CC2. The molecule has 11 heteroatoms. The molecular weight excluding hydrogens is 460 g/mol. The summed E-state index contributed by atoms with van der Waals surface area (Å²) in [5.74, 6) is 2.52. The standard InChI is InChI=1S/C25H30N8O3/c1-34-13-14-35-19-5-4-17-6-9-32(10-7-18(17)15-19)11-8-28-22-20(16-26)24-29-23(21-3-2-12-36-21)31-33(24)25(27)30-22/h2-5,12,15-16,26,28H,6-11,13-14H2,1H3,(H2,27,30). The van der Waals surface area contributed by atoms with Gasteiger partial charge in [0.25, 0.3) is 0 Å². The number of nitrogens with zero attached hydrogens (tertiary/aromatic N) is 5. The van der Waals surface area contributed by atoms with Crippen molar-refractivity contribution < 1.29 is 13.9 Å². The number of aromatic nitrogens is 4. The fourth-order valence-electron chi connectivity index (χ4n) is 4.39. The molecule has 0 aliphatic carbocycles. The third-order valence-electron chi connectivity index (χ3n) is 6.28. The topological polar surface area (TPSA) is 140 Å². The fraction of sp³-hybridized carbons (Fsp3) is 0.360. The van der Waals surface area contributed by atoms with Gasteiger partial charge in [-0.3, -0.25) is 0 Å². The Balaban J connectivity index is 1.22. The Labute approximate surface area is 208 Å². The minimum atomic E-state index is 0.192. The first-order chi connectivity index (χ1) is 17.7. The number of nitrogens with two attached hydrogens (primary N) is 1. The second-order valence-corrected chi connectivity index (χ2v) is 8.56. The van der Waals surface area contributed by atoms with Crippen molar-refractivity contribution >= 4 is 23.6 Å². The van der Waals surface area contributed by atoms with Gasteiger partial charge in [-0.15, -0.1) is 5.10 Å². The maximum atomic E-state index is 7.95. The van der Waals surface area contributed by atoms with E-state index in [1.807, 2.05) is 6.07 Å². The minimum Gasteiger partial charge on any atom is -0.491 e. The average molecular weight is 491 g/mol. The number of hydrogen-bond donors (Lipinski definition) is 3. The van der Waals surface area contributed by atoms with Gasteiger partial charge in [0.05, 0.1) is 18.4 Å². The molecule has 0 saturated carbocycles. The van der Waals surface area contributed by atoms with Gasteiger partial charge in [-0.05, 0) is 48.2 Å². The molecule has 0 saturated heterocycles. The smallest absolute Gasteiger partial charge is 0.225 e. The summed E-state index contributed by atoms with van der Waals surface area (Å²) in [5, 5.41) is 15.7. The second-order valence-electron chi connectivity index (χ2n) is 8.56. The molecule has 0 spiro atoms. The van der Waals surface area contributed by atoms with Crippen molar-refractivity contribution in [3.8, 4) is 17.3 Å². The second kappa shape index (κ2) is 10.8. The molecule has 4 aromatic rings. The highest BCUT2D eigenvalue weighted by molar-refractivity contribution is 5.93. The first-order valence-electron chi connectivity index (χ1n) is 12.0. The first kappa shape index (κ1) is 23.8. The predicted octanol–water partition coefficient (Wildman–Crippen LogP) is 2.50. The Morgan fingerprint density at radius 1 is 1.17 bits per heavy atom. The van der Waals surface area contributed by atoms with E-state index in [1.165, 1.54) is 21.9 Å². The summed E-state index contributed by atoms with van der Waals surface area (Å²) < 4.78 is 17.7. The van der Waals surface area contributed by atoms with Gasteiger partial charge < -0.3 is 35.3 Å². The van der Waals surface area contributed by atoms with Crippen LogP contribution < -0.4 is 15.8 Å². The zero-order chi connectivity index (χ0) is 24.9. The van der Waals surface area contributed by atoms with Crippen LogP contribution in [-0.2, 0) is 17.6 Å². The van der Waals surface area contributed by atoms with Crippen molar-refractivity contribution in [1.82, 2.24) is 24.5 Å². The van der Waals surface area contributed by atoms with Gasteiger partial charge in [-0.1, -0.05) is 6.07 Å². The van der Waals surface area contributed by atoms with Crippen LogP contribution in [0.2, 0.25) is 0 Å². The molecule has 4 heterocycles. The number of ether oxygens (including phenoxy) is 2. The van der Waals surface area contributed by atoms with Crippen molar-refractivity contribution in [1.29, 1.82) is 5.41 Å². The molecule has 3 aromatic heterocycles. The van der Waals surface area contributed by atoms with E-state index >= 15 is 0 Å². The van der Waals surface area contributed by atoms with Crippen LogP contribution in [-0.4, -0.2) is 77.2 Å². The maximum absolute atomic E-state index is 7.95. The number of nitrogen functional groups attached to an aromatic ring is 1. The normalized spacial score (nSPS) is 13.9. The molecule has 5 rings (SSSR count). The molecule has 36 heavy (non-hydrogen) atoms. The number of nitrogens with one attached hydrogen (secondary N) is 2. The molecule has 1 aromatic carbocycles. The van der Waals surface area contributed by atoms with Crippen molar-refractivity contribution in [3.05, 3.63) is 53.3 Å². The van der Waals surface area contributed by atoms with Gasteiger partial charge in [0.15, 0.2) is 11.4 Å². The summed E-state index contributed by atoms with van der Waals surface area (Å²) in [7, 11) is 1.67. The first-order valence-corrected chi connectivity index (χ1v) is 12.0. The molecule has 4 N–H and O–H groups in total. The molecule has 0 unspecified atom stereocenters. The summed E-state index contributed by atoms with van der Waals surface area (Å²) in [4.78, 5) is 11.4. The van der Waals surface area contributed by atoms with E-state index in [2.05, 4.69) is 37.4 Å². The molecule has 0 bridgehead atoms. The highest BCUT2D eigenvalue weighted by Gasteiger charge is 2.19. The third kappa shape index (κ3) is 5.02. The van der Waals surface area contributed by atoms with E-state index in [1.54, 1.807) is 25.5 Å². The maximum Gasteiger partial charge on any atom is 0.225 e. The molecule has 0 amide bonds. The number of methoxy groups -OCH3 is 1. The Bertz CT molecular complexity index is 1340. The molecule has 0 fully saturated rings. The van der Waals surface area contributed by atoms with E-state index in [9.17, 15) is 0 Å². The van der Waals surface area contributed by atoms with Gasteiger partial charge in [0, 0.05) is 39.5 Å². The van der Waals surface area contributed by atoms with Crippen LogP contribution >= 0.6 is 0 Å². The molecule has 11 nitrogen and oxygen atoms in total. The van der Waals surface area contributed by atoms with E-state index in [-0.39, 0.29) is 5.95 Å². The zero-order valence-corrected chi connectivity index (χ0v) is 20.2. The molecule has 0 atom stereocenters. The number of anilines is 2. The molecule has 1 aliphatic rings. The van der Waals surface area contributed by atoms with Crippen LogP contribution in [0.3, 0.4) is 0 Å². The minimum absolute atomic E-state index is 0.192. The Morgan fingerprint density at radius 3 is 2.81 bits per heavy atom.